The fourth-order valence-electron chi connectivity index (χ4n) is 1.58. The molecule has 1 N–H and O–H groups in total. The highest BCUT2D eigenvalue weighted by Gasteiger charge is 2.07. The molecule has 0 aliphatic carbocycles. The third kappa shape index (κ3) is 5.27. The normalized spacial score (nSPS) is 10.7. The molecule has 0 atom stereocenters. The van der Waals surface area contributed by atoms with Gasteiger partial charge in [0, 0.05) is 6.04 Å². The predicted octanol–water partition coefficient (Wildman–Crippen LogP) is 3.61. The van der Waals surface area contributed by atoms with E-state index in [0.717, 1.165) is 35.4 Å². The molecule has 18 heavy (non-hydrogen) atoms. The van der Waals surface area contributed by atoms with Gasteiger partial charge in [-0.25, -0.2) is 0 Å². The van der Waals surface area contributed by atoms with Crippen LogP contribution in [-0.4, -0.2) is 26.3 Å². The topological polar surface area (TPSA) is 30.5 Å². The summed E-state index contributed by atoms with van der Waals surface area (Å²) in [5.41, 5.74) is 0. The Balaban J connectivity index is 2.31. The molecule has 102 valence electrons. The number of nitrogens with one attached hydrogen (secondary N) is 1. The Morgan fingerprint density at radius 1 is 1.28 bits per heavy atom. The molecule has 1 aromatic carbocycles. The summed E-state index contributed by atoms with van der Waals surface area (Å²) in [7, 11) is 1.65. The van der Waals surface area contributed by atoms with Crippen LogP contribution in [-0.2, 0) is 0 Å². The molecule has 0 unspecified atom stereocenters. The van der Waals surface area contributed by atoms with Gasteiger partial charge in [0.1, 0.15) is 0 Å². The second-order valence-electron chi connectivity index (χ2n) is 4.44. The van der Waals surface area contributed by atoms with Gasteiger partial charge in [0.25, 0.3) is 0 Å². The van der Waals surface area contributed by atoms with Crippen LogP contribution in [0.2, 0.25) is 0 Å². The van der Waals surface area contributed by atoms with Crippen molar-refractivity contribution in [1.82, 2.24) is 5.32 Å². The van der Waals surface area contributed by atoms with E-state index in [4.69, 9.17) is 9.47 Å². The van der Waals surface area contributed by atoms with E-state index < -0.39 is 0 Å². The molecule has 0 aromatic heterocycles. The third-order valence-electron chi connectivity index (χ3n) is 2.52. The Bertz CT molecular complexity index is 356. The first-order valence-corrected chi connectivity index (χ1v) is 7.13. The molecule has 0 aliphatic rings. The highest BCUT2D eigenvalue weighted by Crippen LogP contribution is 2.34. The summed E-state index contributed by atoms with van der Waals surface area (Å²) in [6, 6.07) is 6.34. The monoisotopic (exact) mass is 315 g/mol. The molecular formula is C14H22BrNO2. The van der Waals surface area contributed by atoms with Crippen LogP contribution in [0.5, 0.6) is 11.5 Å². The molecule has 0 amide bonds. The summed E-state index contributed by atoms with van der Waals surface area (Å²) in [5.74, 6) is 1.56. The average Bonchev–Trinajstić information content (AvgIpc) is 2.34. The molecular weight excluding hydrogens is 294 g/mol. The molecule has 0 bridgehead atoms. The standard InChI is InChI=1S/C14H22BrNO2/c1-11(2)16-9-4-5-10-18-14-12(15)7-6-8-13(14)17-3/h6-8,11,16H,4-5,9-10H2,1-3H3. The number of ether oxygens (including phenoxy) is 2. The van der Waals surface area contributed by atoms with Crippen LogP contribution in [0.15, 0.2) is 22.7 Å². The Labute approximate surface area is 118 Å². The smallest absolute Gasteiger partial charge is 0.175 e. The first-order chi connectivity index (χ1) is 8.65. The van der Waals surface area contributed by atoms with Crippen molar-refractivity contribution in [2.24, 2.45) is 0 Å². The lowest BCUT2D eigenvalue weighted by molar-refractivity contribution is 0.283. The van der Waals surface area contributed by atoms with E-state index in [9.17, 15) is 0 Å². The van der Waals surface area contributed by atoms with Crippen molar-refractivity contribution >= 4 is 15.9 Å². The number of methoxy groups -OCH3 is 1. The van der Waals surface area contributed by atoms with Crippen molar-refractivity contribution in [3.8, 4) is 11.5 Å². The fraction of sp³-hybridized carbons (Fsp3) is 0.571. The molecule has 3 nitrogen and oxygen atoms in total. The van der Waals surface area contributed by atoms with Crippen molar-refractivity contribution < 1.29 is 9.47 Å². The number of hydrogen-bond donors (Lipinski definition) is 1. The lowest BCUT2D eigenvalue weighted by Crippen LogP contribution is -2.23. The number of halogens is 1. The summed E-state index contributed by atoms with van der Waals surface area (Å²) in [5, 5.41) is 3.39. The van der Waals surface area contributed by atoms with E-state index in [1.54, 1.807) is 7.11 Å². The fourth-order valence-corrected chi connectivity index (χ4v) is 2.04. The lowest BCUT2D eigenvalue weighted by Gasteiger charge is -2.12. The van der Waals surface area contributed by atoms with E-state index in [0.29, 0.717) is 12.6 Å². The van der Waals surface area contributed by atoms with Crippen LogP contribution in [0.25, 0.3) is 0 Å². The molecule has 0 saturated carbocycles. The number of hydrogen-bond acceptors (Lipinski definition) is 3. The van der Waals surface area contributed by atoms with Crippen molar-refractivity contribution in [3.63, 3.8) is 0 Å². The van der Waals surface area contributed by atoms with Gasteiger partial charge >= 0.3 is 0 Å². The lowest BCUT2D eigenvalue weighted by atomic mass is 10.3. The summed E-state index contributed by atoms with van der Waals surface area (Å²) in [6.45, 7) is 6.05. The minimum absolute atomic E-state index is 0.550. The van der Waals surface area contributed by atoms with Crippen LogP contribution < -0.4 is 14.8 Å². The van der Waals surface area contributed by atoms with Gasteiger partial charge in [0.15, 0.2) is 11.5 Å². The molecule has 0 aliphatic heterocycles. The van der Waals surface area contributed by atoms with Gasteiger partial charge in [-0.1, -0.05) is 19.9 Å². The van der Waals surface area contributed by atoms with E-state index in [-0.39, 0.29) is 0 Å². The quantitative estimate of drug-likeness (QED) is 0.743. The van der Waals surface area contributed by atoms with Gasteiger partial charge in [-0.3, -0.25) is 0 Å². The SMILES string of the molecule is COc1cccc(Br)c1OCCCCNC(C)C. The van der Waals surface area contributed by atoms with E-state index in [2.05, 4.69) is 35.1 Å². The van der Waals surface area contributed by atoms with E-state index in [1.165, 1.54) is 0 Å². The molecule has 0 spiro atoms. The number of para-hydroxylation sites is 1. The highest BCUT2D eigenvalue weighted by molar-refractivity contribution is 9.10. The zero-order valence-electron chi connectivity index (χ0n) is 11.3. The van der Waals surface area contributed by atoms with Crippen molar-refractivity contribution in [2.45, 2.75) is 32.7 Å². The summed E-state index contributed by atoms with van der Waals surface area (Å²) in [4.78, 5) is 0. The molecule has 0 radical (unpaired) electrons. The van der Waals surface area contributed by atoms with Gasteiger partial charge in [0.05, 0.1) is 18.2 Å². The minimum Gasteiger partial charge on any atom is -0.493 e. The van der Waals surface area contributed by atoms with Gasteiger partial charge < -0.3 is 14.8 Å². The van der Waals surface area contributed by atoms with E-state index >= 15 is 0 Å². The highest BCUT2D eigenvalue weighted by atomic mass is 79.9. The summed E-state index contributed by atoms with van der Waals surface area (Å²) in [6.07, 6.45) is 2.15. The van der Waals surface area contributed by atoms with Crippen LogP contribution in [0.1, 0.15) is 26.7 Å². The zero-order chi connectivity index (χ0) is 13.4. The Hall–Kier alpha value is -0.740. The predicted molar refractivity (Wildman–Crippen MR) is 78.6 cm³/mol. The molecule has 0 fully saturated rings. The van der Waals surface area contributed by atoms with E-state index in [1.807, 2.05) is 18.2 Å². The Morgan fingerprint density at radius 3 is 2.72 bits per heavy atom. The first-order valence-electron chi connectivity index (χ1n) is 6.34. The van der Waals surface area contributed by atoms with Crippen molar-refractivity contribution in [2.75, 3.05) is 20.3 Å². The number of rotatable bonds is 8. The Morgan fingerprint density at radius 2 is 2.06 bits per heavy atom. The second-order valence-corrected chi connectivity index (χ2v) is 5.29. The van der Waals surface area contributed by atoms with Crippen LogP contribution in [0.4, 0.5) is 0 Å². The number of benzene rings is 1. The van der Waals surface area contributed by atoms with Crippen LogP contribution in [0, 0.1) is 0 Å². The third-order valence-corrected chi connectivity index (χ3v) is 3.15. The molecule has 1 rings (SSSR count). The molecule has 4 heteroatoms. The van der Waals surface area contributed by atoms with Gasteiger partial charge in [-0.05, 0) is 47.4 Å². The van der Waals surface area contributed by atoms with Crippen LogP contribution >= 0.6 is 15.9 Å². The minimum atomic E-state index is 0.550. The van der Waals surface area contributed by atoms with Gasteiger partial charge in [0.2, 0.25) is 0 Å². The first kappa shape index (κ1) is 15.3. The van der Waals surface area contributed by atoms with Crippen molar-refractivity contribution in [1.29, 1.82) is 0 Å². The molecule has 0 saturated heterocycles. The maximum atomic E-state index is 5.77. The van der Waals surface area contributed by atoms with Gasteiger partial charge in [-0.15, -0.1) is 0 Å². The number of unbranched alkanes of at least 4 members (excludes halogenated alkanes) is 1. The summed E-state index contributed by atoms with van der Waals surface area (Å²) >= 11 is 3.47. The average molecular weight is 316 g/mol. The second kappa shape index (κ2) is 8.38. The van der Waals surface area contributed by atoms with Gasteiger partial charge in [-0.2, -0.15) is 0 Å². The maximum absolute atomic E-state index is 5.77. The summed E-state index contributed by atoms with van der Waals surface area (Å²) < 4.78 is 12.0. The van der Waals surface area contributed by atoms with Crippen molar-refractivity contribution in [3.05, 3.63) is 22.7 Å². The maximum Gasteiger partial charge on any atom is 0.175 e. The zero-order valence-corrected chi connectivity index (χ0v) is 12.9. The van der Waals surface area contributed by atoms with Crippen LogP contribution in [0.3, 0.4) is 0 Å². The molecule has 1 aromatic rings. The molecule has 0 heterocycles. The largest absolute Gasteiger partial charge is 0.493 e. The Kier molecular flexibility index (Phi) is 7.13.